The summed E-state index contributed by atoms with van der Waals surface area (Å²) in [5, 5.41) is 1.14. The molecule has 1 aromatic carbocycles. The van der Waals surface area contributed by atoms with Crippen molar-refractivity contribution in [3.63, 3.8) is 0 Å². The monoisotopic (exact) mass is 275 g/mol. The number of benzene rings is 1. The number of pyridine rings is 1. The molecule has 0 fully saturated rings. The van der Waals surface area contributed by atoms with Crippen LogP contribution in [-0.4, -0.2) is 17.3 Å². The van der Waals surface area contributed by atoms with Gasteiger partial charge in [-0.15, -0.1) is 0 Å². The molecule has 2 rings (SSSR count). The van der Waals surface area contributed by atoms with Crippen LogP contribution >= 0.6 is 12.6 Å². The molecule has 0 aliphatic carbocycles. The predicted molar refractivity (Wildman–Crippen MR) is 84.0 cm³/mol. The molecule has 2 aromatic rings. The van der Waals surface area contributed by atoms with E-state index in [1.54, 1.807) is 6.20 Å². The van der Waals surface area contributed by atoms with Gasteiger partial charge in [0.1, 0.15) is 5.75 Å². The molecule has 2 nitrogen and oxygen atoms in total. The minimum atomic E-state index is 0.205. The third kappa shape index (κ3) is 3.63. The molecule has 0 aliphatic rings. The van der Waals surface area contributed by atoms with E-state index in [0.29, 0.717) is 12.5 Å². The number of nitrogens with zero attached hydrogens (tertiary/aromatic N) is 1. The van der Waals surface area contributed by atoms with Gasteiger partial charge in [0, 0.05) is 23.6 Å². The standard InChI is InChI=1S/C16H21NOS/c1-16(2,3)13(11-19)10-18-14-7-6-12-5-4-8-17-15(12)9-14/h4-9,13,19H,10-11H2,1-3H3. The summed E-state index contributed by atoms with van der Waals surface area (Å²) in [6.07, 6.45) is 1.80. The first-order valence-electron chi connectivity index (χ1n) is 6.59. The number of fused-ring (bicyclic) bond motifs is 1. The van der Waals surface area contributed by atoms with Gasteiger partial charge in [-0.05, 0) is 29.4 Å². The van der Waals surface area contributed by atoms with Gasteiger partial charge < -0.3 is 4.74 Å². The Morgan fingerprint density at radius 3 is 2.74 bits per heavy atom. The van der Waals surface area contributed by atoms with Crippen LogP contribution in [0.25, 0.3) is 10.9 Å². The van der Waals surface area contributed by atoms with Crippen LogP contribution in [0.3, 0.4) is 0 Å². The van der Waals surface area contributed by atoms with Crippen LogP contribution in [0.15, 0.2) is 36.5 Å². The van der Waals surface area contributed by atoms with Crippen molar-refractivity contribution in [3.8, 4) is 5.75 Å². The summed E-state index contributed by atoms with van der Waals surface area (Å²) < 4.78 is 5.90. The van der Waals surface area contributed by atoms with Crippen molar-refractivity contribution in [2.24, 2.45) is 11.3 Å². The Hall–Kier alpha value is -1.22. The highest BCUT2D eigenvalue weighted by molar-refractivity contribution is 7.80. The second-order valence-electron chi connectivity index (χ2n) is 5.91. The zero-order valence-electron chi connectivity index (χ0n) is 11.8. The lowest BCUT2D eigenvalue weighted by Crippen LogP contribution is -2.28. The highest BCUT2D eigenvalue weighted by Crippen LogP contribution is 2.28. The van der Waals surface area contributed by atoms with Crippen LogP contribution in [0, 0.1) is 11.3 Å². The molecule has 0 amide bonds. The molecule has 3 heteroatoms. The molecule has 0 aliphatic heterocycles. The van der Waals surface area contributed by atoms with Crippen LogP contribution in [0.1, 0.15) is 20.8 Å². The second kappa shape index (κ2) is 5.83. The van der Waals surface area contributed by atoms with Crippen LogP contribution in [-0.2, 0) is 0 Å². The maximum absolute atomic E-state index is 5.90. The first-order valence-corrected chi connectivity index (χ1v) is 7.22. The summed E-state index contributed by atoms with van der Waals surface area (Å²) in [6.45, 7) is 7.35. The van der Waals surface area contributed by atoms with Gasteiger partial charge >= 0.3 is 0 Å². The molecule has 1 heterocycles. The summed E-state index contributed by atoms with van der Waals surface area (Å²) in [5.74, 6) is 2.13. The largest absolute Gasteiger partial charge is 0.493 e. The number of thiol groups is 1. The number of hydrogen-bond donors (Lipinski definition) is 1. The van der Waals surface area contributed by atoms with Crippen LogP contribution in [0.5, 0.6) is 5.75 Å². The molecule has 1 atom stereocenters. The van der Waals surface area contributed by atoms with Gasteiger partial charge in [0.25, 0.3) is 0 Å². The lowest BCUT2D eigenvalue weighted by molar-refractivity contribution is 0.165. The Morgan fingerprint density at radius 2 is 2.05 bits per heavy atom. The van der Waals surface area contributed by atoms with Crippen molar-refractivity contribution >= 4 is 23.5 Å². The summed E-state index contributed by atoms with van der Waals surface area (Å²) >= 11 is 4.42. The van der Waals surface area contributed by atoms with Crippen molar-refractivity contribution in [2.75, 3.05) is 12.4 Å². The maximum Gasteiger partial charge on any atom is 0.121 e. The second-order valence-corrected chi connectivity index (χ2v) is 6.28. The Morgan fingerprint density at radius 1 is 1.26 bits per heavy atom. The summed E-state index contributed by atoms with van der Waals surface area (Å²) in [6, 6.07) is 10.0. The summed E-state index contributed by atoms with van der Waals surface area (Å²) in [5.41, 5.74) is 1.18. The normalized spacial score (nSPS) is 13.5. The van der Waals surface area contributed by atoms with E-state index in [9.17, 15) is 0 Å². The fourth-order valence-corrected chi connectivity index (χ4v) is 2.56. The SMILES string of the molecule is CC(C)(C)C(CS)COc1ccc2cccnc2c1. The Labute approximate surface area is 120 Å². The van der Waals surface area contributed by atoms with Crippen molar-refractivity contribution in [1.82, 2.24) is 4.98 Å². The Bertz CT molecular complexity index is 548. The van der Waals surface area contributed by atoms with E-state index >= 15 is 0 Å². The minimum absolute atomic E-state index is 0.205. The highest BCUT2D eigenvalue weighted by Gasteiger charge is 2.23. The fraction of sp³-hybridized carbons (Fsp3) is 0.438. The average Bonchev–Trinajstić information content (AvgIpc) is 2.37. The lowest BCUT2D eigenvalue weighted by atomic mass is 9.82. The number of ether oxygens (including phenoxy) is 1. The van der Waals surface area contributed by atoms with Crippen LogP contribution in [0.4, 0.5) is 0 Å². The van der Waals surface area contributed by atoms with E-state index < -0.39 is 0 Å². The summed E-state index contributed by atoms with van der Waals surface area (Å²) in [7, 11) is 0. The lowest BCUT2D eigenvalue weighted by Gasteiger charge is -2.29. The number of rotatable bonds is 4. The highest BCUT2D eigenvalue weighted by atomic mass is 32.1. The maximum atomic E-state index is 5.90. The molecule has 0 bridgehead atoms. The van der Waals surface area contributed by atoms with Crippen molar-refractivity contribution in [2.45, 2.75) is 20.8 Å². The molecule has 0 radical (unpaired) electrons. The molecular weight excluding hydrogens is 254 g/mol. The molecule has 0 saturated heterocycles. The van der Waals surface area contributed by atoms with Gasteiger partial charge in [0.05, 0.1) is 12.1 Å². The fourth-order valence-electron chi connectivity index (χ4n) is 1.91. The molecule has 0 spiro atoms. The first-order chi connectivity index (χ1) is 9.00. The number of hydrogen-bond acceptors (Lipinski definition) is 3. The van der Waals surface area contributed by atoms with E-state index in [1.807, 2.05) is 24.3 Å². The van der Waals surface area contributed by atoms with Crippen molar-refractivity contribution in [3.05, 3.63) is 36.5 Å². The van der Waals surface area contributed by atoms with E-state index in [4.69, 9.17) is 4.74 Å². The zero-order chi connectivity index (χ0) is 13.9. The van der Waals surface area contributed by atoms with Crippen molar-refractivity contribution in [1.29, 1.82) is 0 Å². The van der Waals surface area contributed by atoms with E-state index in [2.05, 4.69) is 44.5 Å². The van der Waals surface area contributed by atoms with Gasteiger partial charge in [0.2, 0.25) is 0 Å². The smallest absolute Gasteiger partial charge is 0.121 e. The van der Waals surface area contributed by atoms with Crippen LogP contribution in [0.2, 0.25) is 0 Å². The molecule has 19 heavy (non-hydrogen) atoms. The zero-order valence-corrected chi connectivity index (χ0v) is 12.7. The minimum Gasteiger partial charge on any atom is -0.493 e. The van der Waals surface area contributed by atoms with E-state index in [1.165, 1.54) is 0 Å². The Balaban J connectivity index is 2.09. The predicted octanol–water partition coefficient (Wildman–Crippen LogP) is 4.21. The van der Waals surface area contributed by atoms with Gasteiger partial charge in [-0.3, -0.25) is 4.98 Å². The number of aromatic nitrogens is 1. The average molecular weight is 275 g/mol. The molecule has 1 unspecified atom stereocenters. The van der Waals surface area contributed by atoms with E-state index in [-0.39, 0.29) is 5.41 Å². The first kappa shape index (κ1) is 14.2. The molecule has 102 valence electrons. The summed E-state index contributed by atoms with van der Waals surface area (Å²) in [4.78, 5) is 4.34. The molecule has 0 saturated carbocycles. The van der Waals surface area contributed by atoms with Crippen LogP contribution < -0.4 is 4.74 Å². The van der Waals surface area contributed by atoms with Gasteiger partial charge in [-0.25, -0.2) is 0 Å². The Kier molecular flexibility index (Phi) is 4.35. The molecule has 0 N–H and O–H groups in total. The van der Waals surface area contributed by atoms with Gasteiger partial charge in [-0.1, -0.05) is 26.8 Å². The topological polar surface area (TPSA) is 22.1 Å². The third-order valence-corrected chi connectivity index (χ3v) is 3.91. The van der Waals surface area contributed by atoms with E-state index in [0.717, 1.165) is 22.4 Å². The quantitative estimate of drug-likeness (QED) is 0.845. The molecule has 1 aromatic heterocycles. The third-order valence-electron chi connectivity index (χ3n) is 3.47. The van der Waals surface area contributed by atoms with Gasteiger partial charge in [0.15, 0.2) is 0 Å². The molecular formula is C16H21NOS. The van der Waals surface area contributed by atoms with Crippen molar-refractivity contribution < 1.29 is 4.74 Å². The van der Waals surface area contributed by atoms with Gasteiger partial charge in [-0.2, -0.15) is 12.6 Å².